The molecular weight excluding hydrogens is 209 g/mol. The van der Waals surface area contributed by atoms with Gasteiger partial charge in [-0.05, 0) is 10.8 Å². The molecule has 3 heteroatoms. The maximum Gasteiger partial charge on any atom is 0.223 e. The molecule has 0 aliphatic rings. The van der Waals surface area contributed by atoms with Crippen LogP contribution in [-0.2, 0) is 0 Å². The van der Waals surface area contributed by atoms with Gasteiger partial charge < -0.3 is 0 Å². The van der Waals surface area contributed by atoms with Crippen molar-refractivity contribution in [3.8, 4) is 0 Å². The van der Waals surface area contributed by atoms with Crippen LogP contribution in [0.3, 0.4) is 0 Å². The lowest BCUT2D eigenvalue weighted by molar-refractivity contribution is 0.175. The number of hydrogen-bond acceptors (Lipinski definition) is 2. The highest BCUT2D eigenvalue weighted by atomic mass is 32.1. The van der Waals surface area contributed by atoms with E-state index in [-0.39, 0.29) is 22.7 Å². The second kappa shape index (κ2) is 3.85. The van der Waals surface area contributed by atoms with E-state index in [9.17, 15) is 4.39 Å². The summed E-state index contributed by atoms with van der Waals surface area (Å²) in [6.07, 6.45) is 0. The molecule has 0 aliphatic carbocycles. The molecule has 1 aromatic heterocycles. The summed E-state index contributed by atoms with van der Waals surface area (Å²) in [5.74, 6) is -0.0759. The normalized spacial score (nSPS) is 13.6. The summed E-state index contributed by atoms with van der Waals surface area (Å²) in [5.41, 5.74) is 0.199. The molecule has 0 saturated carbocycles. The zero-order valence-corrected chi connectivity index (χ0v) is 11.2. The number of hydrogen-bond donors (Lipinski definition) is 0. The molecule has 0 saturated heterocycles. The number of thiazole rings is 1. The van der Waals surface area contributed by atoms with Crippen molar-refractivity contribution in [2.75, 3.05) is 0 Å². The molecule has 0 atom stereocenters. The van der Waals surface area contributed by atoms with Crippen LogP contribution < -0.4 is 0 Å². The monoisotopic (exact) mass is 229 g/mol. The van der Waals surface area contributed by atoms with Crippen LogP contribution in [0.2, 0.25) is 0 Å². The third kappa shape index (κ3) is 3.00. The molecule has 0 aliphatic heterocycles. The summed E-state index contributed by atoms with van der Waals surface area (Å²) in [5, 5.41) is 2.40. The second-order valence-electron chi connectivity index (χ2n) is 6.17. The Kier molecular flexibility index (Phi) is 3.24. The number of aromatic nitrogens is 1. The third-order valence-electron chi connectivity index (χ3n) is 2.47. The Morgan fingerprint density at radius 2 is 1.60 bits per heavy atom. The van der Waals surface area contributed by atoms with Crippen LogP contribution in [0.15, 0.2) is 5.38 Å². The minimum atomic E-state index is -0.353. The van der Waals surface area contributed by atoms with Crippen LogP contribution >= 0.6 is 11.3 Å². The van der Waals surface area contributed by atoms with Gasteiger partial charge in [0.2, 0.25) is 5.95 Å². The maximum atomic E-state index is 13.0. The highest BCUT2D eigenvalue weighted by Crippen LogP contribution is 2.47. The van der Waals surface area contributed by atoms with Crippen LogP contribution in [0, 0.1) is 16.8 Å². The zero-order valence-electron chi connectivity index (χ0n) is 10.4. The Balaban J connectivity index is 3.14. The first kappa shape index (κ1) is 12.6. The molecule has 1 aromatic rings. The molecule has 0 aromatic carbocycles. The zero-order chi connectivity index (χ0) is 11.9. The van der Waals surface area contributed by atoms with Gasteiger partial charge in [0.05, 0.1) is 0 Å². The van der Waals surface area contributed by atoms with E-state index in [0.717, 1.165) is 5.01 Å². The quantitative estimate of drug-likeness (QED) is 0.693. The summed E-state index contributed by atoms with van der Waals surface area (Å²) in [7, 11) is 0. The van der Waals surface area contributed by atoms with Gasteiger partial charge in [-0.2, -0.15) is 4.39 Å². The van der Waals surface area contributed by atoms with Gasteiger partial charge in [-0.25, -0.2) is 4.98 Å². The van der Waals surface area contributed by atoms with E-state index < -0.39 is 0 Å². The standard InChI is InChI=1S/C12H20FNS/c1-11(2,3)9(12(4,5)6)10-14-8(13)7-15-10/h7,9H,1-6H3. The van der Waals surface area contributed by atoms with Crippen molar-refractivity contribution in [3.63, 3.8) is 0 Å². The Hall–Kier alpha value is -0.440. The highest BCUT2D eigenvalue weighted by molar-refractivity contribution is 7.09. The van der Waals surface area contributed by atoms with Crippen molar-refractivity contribution in [1.29, 1.82) is 0 Å². The molecule has 1 rings (SSSR count). The molecular formula is C12H20FNS. The van der Waals surface area contributed by atoms with Gasteiger partial charge in [-0.15, -0.1) is 11.3 Å². The van der Waals surface area contributed by atoms with E-state index >= 15 is 0 Å². The fourth-order valence-electron chi connectivity index (χ4n) is 2.44. The second-order valence-corrected chi connectivity index (χ2v) is 7.06. The molecule has 0 radical (unpaired) electrons. The molecule has 0 bridgehead atoms. The average Bonchev–Trinajstić information content (AvgIpc) is 2.28. The van der Waals surface area contributed by atoms with Gasteiger partial charge in [-0.1, -0.05) is 41.5 Å². The SMILES string of the molecule is CC(C)(C)C(c1nc(F)cs1)C(C)(C)C. The van der Waals surface area contributed by atoms with Gasteiger partial charge in [0.25, 0.3) is 0 Å². The van der Waals surface area contributed by atoms with Crippen molar-refractivity contribution in [2.24, 2.45) is 10.8 Å². The fraction of sp³-hybridized carbons (Fsp3) is 0.750. The van der Waals surface area contributed by atoms with Crippen LogP contribution in [0.25, 0.3) is 0 Å². The van der Waals surface area contributed by atoms with Gasteiger partial charge >= 0.3 is 0 Å². The van der Waals surface area contributed by atoms with Crippen molar-refractivity contribution in [2.45, 2.75) is 47.5 Å². The van der Waals surface area contributed by atoms with Gasteiger partial charge in [0, 0.05) is 11.3 Å². The van der Waals surface area contributed by atoms with E-state index in [1.165, 1.54) is 16.7 Å². The van der Waals surface area contributed by atoms with Crippen molar-refractivity contribution in [1.82, 2.24) is 4.98 Å². The first-order valence-electron chi connectivity index (χ1n) is 5.23. The van der Waals surface area contributed by atoms with E-state index in [2.05, 4.69) is 46.5 Å². The maximum absolute atomic E-state index is 13.0. The lowest BCUT2D eigenvalue weighted by Crippen LogP contribution is -2.30. The van der Waals surface area contributed by atoms with E-state index in [0.29, 0.717) is 0 Å². The lowest BCUT2D eigenvalue weighted by atomic mass is 9.67. The van der Waals surface area contributed by atoms with Gasteiger partial charge in [0.15, 0.2) is 0 Å². The number of nitrogens with zero attached hydrogens (tertiary/aromatic N) is 1. The molecule has 0 spiro atoms. The first-order valence-corrected chi connectivity index (χ1v) is 6.11. The summed E-state index contributed by atoms with van der Waals surface area (Å²) in [6, 6.07) is 0. The molecule has 0 fully saturated rings. The van der Waals surface area contributed by atoms with E-state index in [1.807, 2.05) is 0 Å². The van der Waals surface area contributed by atoms with E-state index in [4.69, 9.17) is 0 Å². The topological polar surface area (TPSA) is 12.9 Å². The molecule has 15 heavy (non-hydrogen) atoms. The van der Waals surface area contributed by atoms with Crippen LogP contribution in [0.4, 0.5) is 4.39 Å². The molecule has 1 heterocycles. The molecule has 0 amide bonds. The Bertz CT molecular complexity index is 316. The van der Waals surface area contributed by atoms with E-state index in [1.54, 1.807) is 0 Å². The number of halogens is 1. The predicted molar refractivity (Wildman–Crippen MR) is 63.7 cm³/mol. The summed E-state index contributed by atoms with van der Waals surface area (Å²) < 4.78 is 13.0. The molecule has 0 unspecified atom stereocenters. The third-order valence-corrected chi connectivity index (χ3v) is 3.35. The Morgan fingerprint density at radius 1 is 1.13 bits per heavy atom. The minimum absolute atomic E-state index is 0.0997. The summed E-state index contributed by atoms with van der Waals surface area (Å²) >= 11 is 1.43. The molecule has 1 nitrogen and oxygen atoms in total. The largest absolute Gasteiger partial charge is 0.223 e. The smallest absolute Gasteiger partial charge is 0.213 e. The summed E-state index contributed by atoms with van der Waals surface area (Å²) in [6.45, 7) is 13.1. The number of rotatable bonds is 1. The van der Waals surface area contributed by atoms with Crippen LogP contribution in [0.1, 0.15) is 52.5 Å². The molecule has 86 valence electrons. The Morgan fingerprint density at radius 3 is 1.87 bits per heavy atom. The fourth-order valence-corrected chi connectivity index (χ4v) is 3.69. The highest BCUT2D eigenvalue weighted by Gasteiger charge is 2.38. The van der Waals surface area contributed by atoms with Gasteiger partial charge in [0.1, 0.15) is 5.01 Å². The predicted octanol–water partition coefficient (Wildman–Crippen LogP) is 4.46. The van der Waals surface area contributed by atoms with Crippen molar-refractivity contribution in [3.05, 3.63) is 16.3 Å². The van der Waals surface area contributed by atoms with Crippen molar-refractivity contribution >= 4 is 11.3 Å². The Labute approximate surface area is 95.7 Å². The lowest BCUT2D eigenvalue weighted by Gasteiger charge is -2.39. The first-order chi connectivity index (χ1) is 6.62. The molecule has 0 N–H and O–H groups in total. The van der Waals surface area contributed by atoms with Crippen LogP contribution in [0.5, 0.6) is 0 Å². The van der Waals surface area contributed by atoms with Crippen LogP contribution in [-0.4, -0.2) is 4.98 Å². The van der Waals surface area contributed by atoms with Gasteiger partial charge in [-0.3, -0.25) is 0 Å². The average molecular weight is 229 g/mol. The minimum Gasteiger partial charge on any atom is -0.213 e. The summed E-state index contributed by atoms with van der Waals surface area (Å²) in [4.78, 5) is 4.00. The van der Waals surface area contributed by atoms with Crippen molar-refractivity contribution < 1.29 is 4.39 Å².